The van der Waals surface area contributed by atoms with Crippen LogP contribution in [0.3, 0.4) is 0 Å². The van der Waals surface area contributed by atoms with Crippen molar-refractivity contribution >= 4 is 5.78 Å². The number of hydrogen-bond donors (Lipinski definition) is 0. The Labute approximate surface area is 139 Å². The molecule has 128 valence electrons. The van der Waals surface area contributed by atoms with E-state index in [0.29, 0.717) is 29.0 Å². The molecule has 1 unspecified atom stereocenters. The summed E-state index contributed by atoms with van der Waals surface area (Å²) in [6.45, 7) is 16.1. The number of allylic oxidation sites excluding steroid dienone is 2. The zero-order valence-electron chi connectivity index (χ0n) is 16.0. The summed E-state index contributed by atoms with van der Waals surface area (Å²) < 4.78 is 0. The van der Waals surface area contributed by atoms with Crippen molar-refractivity contribution in [2.45, 2.75) is 87.0 Å². The summed E-state index contributed by atoms with van der Waals surface area (Å²) in [4.78, 5) is 12.2. The highest BCUT2D eigenvalue weighted by atomic mass is 16.1. The van der Waals surface area contributed by atoms with E-state index in [1.54, 1.807) is 0 Å². The van der Waals surface area contributed by atoms with E-state index < -0.39 is 0 Å². The standard InChI is InChI=1S/C21H38O/c1-16(13-14-17(2)20(3,4)5)10-8-11-18-19(22)12-9-15-21(18,6)7/h13-14,16-18H,8-12,15H2,1-7H3/b14-13+/t16-,17-,18?/m0/s1. The Balaban J connectivity index is 2.40. The lowest BCUT2D eigenvalue weighted by atomic mass is 9.66. The highest BCUT2D eigenvalue weighted by Crippen LogP contribution is 2.41. The molecule has 22 heavy (non-hydrogen) atoms. The van der Waals surface area contributed by atoms with E-state index in [2.05, 4.69) is 60.6 Å². The van der Waals surface area contributed by atoms with Crippen molar-refractivity contribution in [1.29, 1.82) is 0 Å². The van der Waals surface area contributed by atoms with Gasteiger partial charge in [0.25, 0.3) is 0 Å². The normalized spacial score (nSPS) is 25.4. The molecule has 1 saturated carbocycles. The fourth-order valence-electron chi connectivity index (χ4n) is 3.44. The third-order valence-electron chi connectivity index (χ3n) is 5.82. The molecule has 0 heterocycles. The number of hydrogen-bond acceptors (Lipinski definition) is 1. The Hall–Kier alpha value is -0.590. The van der Waals surface area contributed by atoms with Crippen LogP contribution in [0.5, 0.6) is 0 Å². The van der Waals surface area contributed by atoms with Gasteiger partial charge in [-0.25, -0.2) is 0 Å². The molecule has 0 bridgehead atoms. The first-order valence-corrected chi connectivity index (χ1v) is 9.25. The number of carbonyl (C=O) groups is 1. The third kappa shape index (κ3) is 5.89. The molecule has 0 aromatic heterocycles. The molecule has 0 aromatic rings. The van der Waals surface area contributed by atoms with Crippen molar-refractivity contribution in [3.05, 3.63) is 12.2 Å². The van der Waals surface area contributed by atoms with Gasteiger partial charge in [-0.05, 0) is 48.3 Å². The van der Waals surface area contributed by atoms with Crippen LogP contribution in [-0.2, 0) is 4.79 Å². The molecule has 0 aliphatic heterocycles. The quantitative estimate of drug-likeness (QED) is 0.517. The van der Waals surface area contributed by atoms with Crippen LogP contribution in [0.25, 0.3) is 0 Å². The molecule has 1 nitrogen and oxygen atoms in total. The first kappa shape index (κ1) is 19.5. The molecular formula is C21H38O. The second kappa shape index (κ2) is 7.79. The van der Waals surface area contributed by atoms with E-state index >= 15 is 0 Å². The molecule has 0 N–H and O–H groups in total. The summed E-state index contributed by atoms with van der Waals surface area (Å²) in [5, 5.41) is 0. The minimum atomic E-state index is 0.217. The Morgan fingerprint density at radius 1 is 1.23 bits per heavy atom. The molecule has 1 heteroatoms. The highest BCUT2D eigenvalue weighted by Gasteiger charge is 2.37. The second-order valence-electron chi connectivity index (χ2n) is 9.31. The van der Waals surface area contributed by atoms with Crippen LogP contribution in [0.4, 0.5) is 0 Å². The minimum absolute atomic E-state index is 0.217. The van der Waals surface area contributed by atoms with E-state index in [4.69, 9.17) is 0 Å². The highest BCUT2D eigenvalue weighted by molar-refractivity contribution is 5.82. The maximum atomic E-state index is 12.2. The van der Waals surface area contributed by atoms with Crippen LogP contribution in [-0.4, -0.2) is 5.78 Å². The summed E-state index contributed by atoms with van der Waals surface area (Å²) in [5.41, 5.74) is 0.559. The van der Waals surface area contributed by atoms with Gasteiger partial charge in [-0.3, -0.25) is 4.79 Å². The van der Waals surface area contributed by atoms with Gasteiger partial charge in [0.2, 0.25) is 0 Å². The molecular weight excluding hydrogens is 268 g/mol. The summed E-state index contributed by atoms with van der Waals surface area (Å²) in [6, 6.07) is 0. The van der Waals surface area contributed by atoms with E-state index in [1.807, 2.05) is 0 Å². The molecule has 1 rings (SSSR count). The van der Waals surface area contributed by atoms with Gasteiger partial charge in [0.15, 0.2) is 0 Å². The zero-order valence-corrected chi connectivity index (χ0v) is 16.0. The first-order valence-electron chi connectivity index (χ1n) is 9.25. The Kier molecular flexibility index (Phi) is 6.89. The van der Waals surface area contributed by atoms with Crippen LogP contribution < -0.4 is 0 Å². The van der Waals surface area contributed by atoms with Crippen molar-refractivity contribution in [2.24, 2.45) is 28.6 Å². The SMILES string of the molecule is C[C@H](/C=C/[C@H](C)C(C)(C)C)CCCC1C(=O)CCCC1(C)C. The molecule has 0 saturated heterocycles. The third-order valence-corrected chi connectivity index (χ3v) is 5.82. The smallest absolute Gasteiger partial charge is 0.136 e. The molecule has 3 atom stereocenters. The summed E-state index contributed by atoms with van der Waals surface area (Å²) in [7, 11) is 0. The number of rotatable bonds is 6. The van der Waals surface area contributed by atoms with Gasteiger partial charge in [-0.2, -0.15) is 0 Å². The van der Waals surface area contributed by atoms with E-state index in [9.17, 15) is 4.79 Å². The van der Waals surface area contributed by atoms with Crippen molar-refractivity contribution in [3.63, 3.8) is 0 Å². The van der Waals surface area contributed by atoms with Crippen LogP contribution in [0.1, 0.15) is 87.0 Å². The van der Waals surface area contributed by atoms with Crippen molar-refractivity contribution in [2.75, 3.05) is 0 Å². The molecule has 1 fully saturated rings. The summed E-state index contributed by atoms with van der Waals surface area (Å²) in [5.74, 6) is 2.03. The monoisotopic (exact) mass is 306 g/mol. The largest absolute Gasteiger partial charge is 0.299 e. The molecule has 0 aromatic carbocycles. The van der Waals surface area contributed by atoms with Crippen LogP contribution in [0.2, 0.25) is 0 Å². The molecule has 1 aliphatic rings. The predicted octanol–water partition coefficient (Wildman–Crippen LogP) is 6.43. The Bertz CT molecular complexity index is 383. The van der Waals surface area contributed by atoms with E-state index in [0.717, 1.165) is 19.3 Å². The average Bonchev–Trinajstić information content (AvgIpc) is 2.37. The van der Waals surface area contributed by atoms with Crippen molar-refractivity contribution < 1.29 is 4.79 Å². The fraction of sp³-hybridized carbons (Fsp3) is 0.857. The fourth-order valence-corrected chi connectivity index (χ4v) is 3.44. The lowest BCUT2D eigenvalue weighted by Crippen LogP contribution is -2.35. The van der Waals surface area contributed by atoms with Crippen LogP contribution >= 0.6 is 0 Å². The molecule has 0 radical (unpaired) electrons. The lowest BCUT2D eigenvalue weighted by molar-refractivity contribution is -0.129. The number of carbonyl (C=O) groups excluding carboxylic acids is 1. The minimum Gasteiger partial charge on any atom is -0.299 e. The van der Waals surface area contributed by atoms with E-state index in [-0.39, 0.29) is 5.41 Å². The summed E-state index contributed by atoms with van der Waals surface area (Å²) >= 11 is 0. The van der Waals surface area contributed by atoms with Gasteiger partial charge >= 0.3 is 0 Å². The predicted molar refractivity (Wildman–Crippen MR) is 96.9 cm³/mol. The number of ketones is 1. The molecule has 0 amide bonds. The molecule has 0 spiro atoms. The topological polar surface area (TPSA) is 17.1 Å². The van der Waals surface area contributed by atoms with Crippen LogP contribution in [0.15, 0.2) is 12.2 Å². The van der Waals surface area contributed by atoms with Crippen molar-refractivity contribution in [1.82, 2.24) is 0 Å². The van der Waals surface area contributed by atoms with Gasteiger partial charge in [-0.1, -0.05) is 67.0 Å². The number of Topliss-reactive ketones (excluding diaryl/α,β-unsaturated/α-hetero) is 1. The lowest BCUT2D eigenvalue weighted by Gasteiger charge is -2.37. The maximum absolute atomic E-state index is 12.2. The second-order valence-corrected chi connectivity index (χ2v) is 9.31. The first-order chi connectivity index (χ1) is 10.0. The van der Waals surface area contributed by atoms with Gasteiger partial charge in [0.1, 0.15) is 5.78 Å². The van der Waals surface area contributed by atoms with Gasteiger partial charge in [0.05, 0.1) is 0 Å². The Morgan fingerprint density at radius 3 is 2.41 bits per heavy atom. The van der Waals surface area contributed by atoms with Gasteiger partial charge in [0, 0.05) is 12.3 Å². The van der Waals surface area contributed by atoms with Crippen LogP contribution in [0, 0.1) is 28.6 Å². The van der Waals surface area contributed by atoms with Crippen molar-refractivity contribution in [3.8, 4) is 0 Å². The average molecular weight is 307 g/mol. The molecule has 1 aliphatic carbocycles. The van der Waals surface area contributed by atoms with Gasteiger partial charge in [-0.15, -0.1) is 0 Å². The maximum Gasteiger partial charge on any atom is 0.136 e. The van der Waals surface area contributed by atoms with Gasteiger partial charge < -0.3 is 0 Å². The summed E-state index contributed by atoms with van der Waals surface area (Å²) in [6.07, 6.45) is 11.3. The zero-order chi connectivity index (χ0) is 17.0. The van der Waals surface area contributed by atoms with E-state index in [1.165, 1.54) is 19.3 Å². The Morgan fingerprint density at radius 2 is 1.86 bits per heavy atom.